The van der Waals surface area contributed by atoms with Crippen molar-refractivity contribution in [3.05, 3.63) is 107 Å². The van der Waals surface area contributed by atoms with E-state index in [1.54, 1.807) is 41.3 Å². The number of hydrogen-bond donors (Lipinski definition) is 6. The molecule has 5 rings (SSSR count). The van der Waals surface area contributed by atoms with Crippen LogP contribution in [0.25, 0.3) is 0 Å². The van der Waals surface area contributed by atoms with Crippen molar-refractivity contribution in [2.24, 2.45) is 11.1 Å². The van der Waals surface area contributed by atoms with Gasteiger partial charge in [0.05, 0.1) is 31.3 Å². The van der Waals surface area contributed by atoms with E-state index in [9.17, 15) is 28.8 Å². The van der Waals surface area contributed by atoms with Gasteiger partial charge in [0.1, 0.15) is 17.8 Å². The van der Waals surface area contributed by atoms with Crippen molar-refractivity contribution in [3.8, 4) is 0 Å². The molecule has 15 heteroatoms. The van der Waals surface area contributed by atoms with Crippen molar-refractivity contribution in [1.82, 2.24) is 31.5 Å². The molecule has 15 nitrogen and oxygen atoms in total. The van der Waals surface area contributed by atoms with Crippen molar-refractivity contribution < 1.29 is 37.9 Å². The lowest BCUT2D eigenvalue weighted by molar-refractivity contribution is -0.141. The van der Waals surface area contributed by atoms with Crippen LogP contribution in [0.1, 0.15) is 68.0 Å². The molecule has 3 heterocycles. The summed E-state index contributed by atoms with van der Waals surface area (Å²) >= 11 is 0. The molecule has 2 aliphatic rings. The fourth-order valence-electron chi connectivity index (χ4n) is 7.49. The third-order valence-corrected chi connectivity index (χ3v) is 10.8. The Morgan fingerprint density at radius 1 is 0.950 bits per heavy atom. The monoisotopic (exact) mass is 825 g/mol. The lowest BCUT2D eigenvalue weighted by Gasteiger charge is -2.42. The molecule has 6 amide bonds. The van der Waals surface area contributed by atoms with E-state index in [1.807, 2.05) is 12.1 Å². The first kappa shape index (κ1) is 45.3. The van der Waals surface area contributed by atoms with Crippen molar-refractivity contribution >= 4 is 35.4 Å². The second-order valence-electron chi connectivity index (χ2n) is 16.5. The van der Waals surface area contributed by atoms with Gasteiger partial charge < -0.3 is 46.4 Å². The SMILES string of the molecule is CC(C)(C)c1ccc(C[C@]23CCCN(C2)C(=O)/C=C/C(=O)NCC[C@@H](C(=O)NCCOCCN)NC(=O)Cc2ccccc2CNC(=O)[C@H](Cc2ccco2)NC3=O)cc1. The van der Waals surface area contributed by atoms with Gasteiger partial charge in [0.2, 0.25) is 35.4 Å². The number of rotatable bonds is 10. The molecule has 2 bridgehead atoms. The van der Waals surface area contributed by atoms with Crippen LogP contribution in [0.2, 0.25) is 0 Å². The highest BCUT2D eigenvalue weighted by Gasteiger charge is 2.44. The van der Waals surface area contributed by atoms with Gasteiger partial charge in [-0.25, -0.2) is 0 Å². The van der Waals surface area contributed by atoms with Gasteiger partial charge in [-0.2, -0.15) is 0 Å². The number of hydrogen-bond acceptors (Lipinski definition) is 9. The number of piperidine rings is 1. The lowest BCUT2D eigenvalue weighted by atomic mass is 9.73. The van der Waals surface area contributed by atoms with Gasteiger partial charge >= 0.3 is 0 Å². The Balaban J connectivity index is 1.45. The standard InChI is InChI=1S/C45H59N7O8/c1-44(2,3)34-13-11-31(12-14-34)28-45-18-7-22-52(30-45)40(55)16-15-38(53)47-20-17-36(41(56)48-21-25-59-24-19-46)50-39(54)26-32-8-4-5-9-33(32)29-49-42(57)37(51-43(45)58)27-35-10-6-23-60-35/h4-6,8-16,23,36-37H,7,17-22,24-30,46H2,1-3H3,(H,47,53)(H,48,56)(H,49,57)(H,50,54)(H,51,58)/b16-15+/t36-,37-,45+/m0/s1. The fraction of sp³-hybridized carbons (Fsp3) is 0.467. The van der Waals surface area contributed by atoms with Crippen LogP contribution >= 0.6 is 0 Å². The maximum absolute atomic E-state index is 14.8. The van der Waals surface area contributed by atoms with Crippen LogP contribution < -0.4 is 32.3 Å². The van der Waals surface area contributed by atoms with Crippen LogP contribution in [-0.4, -0.2) is 98.4 Å². The van der Waals surface area contributed by atoms with Crippen LogP contribution in [-0.2, 0) is 64.7 Å². The highest BCUT2D eigenvalue weighted by atomic mass is 16.5. The fourth-order valence-corrected chi connectivity index (χ4v) is 7.49. The minimum Gasteiger partial charge on any atom is -0.469 e. The second kappa shape index (κ2) is 21.5. The molecule has 2 aliphatic heterocycles. The molecule has 7 N–H and O–H groups in total. The van der Waals surface area contributed by atoms with Gasteiger partial charge in [-0.3, -0.25) is 28.8 Å². The Hall–Kier alpha value is -5.80. The first-order valence-corrected chi connectivity index (χ1v) is 20.6. The van der Waals surface area contributed by atoms with E-state index in [0.717, 1.165) is 17.2 Å². The van der Waals surface area contributed by atoms with Gasteiger partial charge in [-0.05, 0) is 65.5 Å². The molecule has 1 fully saturated rings. The molecule has 0 radical (unpaired) electrons. The summed E-state index contributed by atoms with van der Waals surface area (Å²) in [5.41, 5.74) is 7.62. The Morgan fingerprint density at radius 3 is 2.43 bits per heavy atom. The molecule has 1 aromatic heterocycles. The average molecular weight is 826 g/mol. The summed E-state index contributed by atoms with van der Waals surface area (Å²) in [7, 11) is 0. The summed E-state index contributed by atoms with van der Waals surface area (Å²) < 4.78 is 11.0. The molecule has 0 spiro atoms. The molecule has 1 saturated heterocycles. The second-order valence-corrected chi connectivity index (χ2v) is 16.5. The van der Waals surface area contributed by atoms with Crippen LogP contribution in [0.15, 0.2) is 83.5 Å². The van der Waals surface area contributed by atoms with Gasteiger partial charge in [0, 0.05) is 57.8 Å². The highest BCUT2D eigenvalue weighted by molar-refractivity contribution is 5.97. The summed E-state index contributed by atoms with van der Waals surface area (Å²) in [5, 5.41) is 14.2. The molecule has 3 atom stereocenters. The van der Waals surface area contributed by atoms with Crippen molar-refractivity contribution in [2.75, 3.05) is 45.9 Å². The number of carbonyl (C=O) groups excluding carboxylic acids is 6. The van der Waals surface area contributed by atoms with Gasteiger partial charge in [-0.15, -0.1) is 0 Å². The maximum atomic E-state index is 14.8. The number of benzene rings is 2. The third-order valence-electron chi connectivity index (χ3n) is 10.8. The Kier molecular flexibility index (Phi) is 16.2. The molecule has 3 aromatic rings. The number of furan rings is 1. The van der Waals surface area contributed by atoms with E-state index < -0.39 is 47.0 Å². The Labute approximate surface area is 351 Å². The number of nitrogens with zero attached hydrogens (tertiary/aromatic N) is 1. The summed E-state index contributed by atoms with van der Waals surface area (Å²) in [6.07, 6.45) is 5.08. The van der Waals surface area contributed by atoms with Crippen molar-refractivity contribution in [3.63, 3.8) is 0 Å². The van der Waals surface area contributed by atoms with E-state index in [1.165, 1.54) is 12.3 Å². The predicted octanol–water partition coefficient (Wildman–Crippen LogP) is 1.97. The van der Waals surface area contributed by atoms with Crippen molar-refractivity contribution in [1.29, 1.82) is 0 Å². The zero-order chi connectivity index (χ0) is 43.1. The van der Waals surface area contributed by atoms with E-state index in [2.05, 4.69) is 59.5 Å². The smallest absolute Gasteiger partial charge is 0.246 e. The van der Waals surface area contributed by atoms with E-state index in [4.69, 9.17) is 14.9 Å². The van der Waals surface area contributed by atoms with E-state index in [0.29, 0.717) is 55.8 Å². The summed E-state index contributed by atoms with van der Waals surface area (Å²) in [4.78, 5) is 83.7. The third kappa shape index (κ3) is 13.1. The highest BCUT2D eigenvalue weighted by Crippen LogP contribution is 2.35. The van der Waals surface area contributed by atoms with Gasteiger partial charge in [0.25, 0.3) is 0 Å². The van der Waals surface area contributed by atoms with Crippen LogP contribution in [0.4, 0.5) is 0 Å². The number of fused-ring (bicyclic) bond motifs is 3. The van der Waals surface area contributed by atoms with Crippen LogP contribution in [0.3, 0.4) is 0 Å². The maximum Gasteiger partial charge on any atom is 0.246 e. The Morgan fingerprint density at radius 2 is 1.72 bits per heavy atom. The largest absolute Gasteiger partial charge is 0.469 e. The first-order chi connectivity index (χ1) is 28.8. The summed E-state index contributed by atoms with van der Waals surface area (Å²) in [5.74, 6) is -2.27. The number of amides is 6. The number of nitrogens with one attached hydrogen (secondary N) is 5. The minimum absolute atomic E-state index is 0.0161. The number of nitrogens with two attached hydrogens (primary N) is 1. The minimum atomic E-state index is -1.11. The summed E-state index contributed by atoms with van der Waals surface area (Å²) in [6.45, 7) is 7.96. The Bertz CT molecular complexity index is 1970. The number of carbonyl (C=O) groups is 6. The molecule has 60 heavy (non-hydrogen) atoms. The molecule has 0 saturated carbocycles. The normalized spacial score (nSPS) is 21.9. The average Bonchev–Trinajstić information content (AvgIpc) is 3.74. The molecular formula is C45H59N7O8. The zero-order valence-electron chi connectivity index (χ0n) is 34.9. The zero-order valence-corrected chi connectivity index (χ0v) is 34.9. The molecule has 0 aliphatic carbocycles. The predicted molar refractivity (Wildman–Crippen MR) is 225 cm³/mol. The molecule has 2 aromatic carbocycles. The van der Waals surface area contributed by atoms with Gasteiger partial charge in [0.15, 0.2) is 0 Å². The van der Waals surface area contributed by atoms with Crippen LogP contribution in [0, 0.1) is 5.41 Å². The summed E-state index contributed by atoms with van der Waals surface area (Å²) in [6, 6.07) is 16.6. The molecule has 322 valence electrons. The van der Waals surface area contributed by atoms with Crippen LogP contribution in [0.5, 0.6) is 0 Å². The van der Waals surface area contributed by atoms with E-state index >= 15 is 0 Å². The molecule has 0 unspecified atom stereocenters. The first-order valence-electron chi connectivity index (χ1n) is 20.6. The lowest BCUT2D eigenvalue weighted by Crippen LogP contribution is -2.58. The quantitative estimate of drug-likeness (QED) is 0.165. The van der Waals surface area contributed by atoms with E-state index in [-0.39, 0.29) is 63.4 Å². The van der Waals surface area contributed by atoms with Crippen molar-refractivity contribution in [2.45, 2.75) is 83.3 Å². The molecular weight excluding hydrogens is 767 g/mol. The topological polar surface area (TPSA) is 214 Å². The van der Waals surface area contributed by atoms with Gasteiger partial charge in [-0.1, -0.05) is 69.3 Å². The number of ether oxygens (including phenoxy) is 1.